The summed E-state index contributed by atoms with van der Waals surface area (Å²) in [5.41, 5.74) is 2.92. The summed E-state index contributed by atoms with van der Waals surface area (Å²) in [4.78, 5) is 28.7. The van der Waals surface area contributed by atoms with Crippen molar-refractivity contribution in [3.63, 3.8) is 0 Å². The van der Waals surface area contributed by atoms with Crippen LogP contribution in [0.5, 0.6) is 0 Å². The number of rotatable bonds is 4. The van der Waals surface area contributed by atoms with E-state index in [1.54, 1.807) is 43.3 Å². The maximum atomic E-state index is 13.6. The second kappa shape index (κ2) is 6.68. The largest absolute Gasteiger partial charge is 0.419 e. The SMILES string of the molecule is Cc1cc(NC(=O)CCn2c(=O)oc3ccccc32)c2cc(F)ccc2n1. The highest BCUT2D eigenvalue weighted by Crippen LogP contribution is 2.24. The molecule has 4 rings (SSSR count). The first-order valence-electron chi connectivity index (χ1n) is 8.46. The van der Waals surface area contributed by atoms with Crippen LogP contribution >= 0.6 is 0 Å². The van der Waals surface area contributed by atoms with Crippen molar-refractivity contribution in [2.45, 2.75) is 19.9 Å². The van der Waals surface area contributed by atoms with Gasteiger partial charge in [-0.1, -0.05) is 12.1 Å². The normalized spacial score (nSPS) is 11.2. The first-order valence-corrected chi connectivity index (χ1v) is 8.46. The quantitative estimate of drug-likeness (QED) is 0.599. The molecule has 7 heteroatoms. The summed E-state index contributed by atoms with van der Waals surface area (Å²) in [6.07, 6.45) is 0.0710. The lowest BCUT2D eigenvalue weighted by Gasteiger charge is -2.10. The van der Waals surface area contributed by atoms with E-state index in [0.717, 1.165) is 0 Å². The first kappa shape index (κ1) is 17.0. The van der Waals surface area contributed by atoms with Crippen LogP contribution in [0.15, 0.2) is 57.7 Å². The van der Waals surface area contributed by atoms with E-state index < -0.39 is 11.6 Å². The van der Waals surface area contributed by atoms with Crippen LogP contribution in [0.1, 0.15) is 12.1 Å². The predicted molar refractivity (Wildman–Crippen MR) is 100 cm³/mol. The van der Waals surface area contributed by atoms with Gasteiger partial charge in [0.2, 0.25) is 5.91 Å². The zero-order valence-electron chi connectivity index (χ0n) is 14.5. The molecule has 0 bridgehead atoms. The van der Waals surface area contributed by atoms with Gasteiger partial charge in [0.25, 0.3) is 0 Å². The molecule has 0 radical (unpaired) electrons. The second-order valence-corrected chi connectivity index (χ2v) is 6.26. The van der Waals surface area contributed by atoms with E-state index in [1.807, 2.05) is 0 Å². The van der Waals surface area contributed by atoms with Crippen molar-refractivity contribution < 1.29 is 13.6 Å². The number of oxazole rings is 1. The number of nitrogens with zero attached hydrogens (tertiary/aromatic N) is 2. The molecule has 2 heterocycles. The minimum Gasteiger partial charge on any atom is -0.408 e. The minimum absolute atomic E-state index is 0.0710. The van der Waals surface area contributed by atoms with Crippen molar-refractivity contribution in [3.8, 4) is 0 Å². The highest BCUT2D eigenvalue weighted by molar-refractivity contribution is 6.01. The molecular formula is C20H16FN3O3. The van der Waals surface area contributed by atoms with Gasteiger partial charge in [0.15, 0.2) is 5.58 Å². The Morgan fingerprint density at radius 1 is 1.22 bits per heavy atom. The maximum absolute atomic E-state index is 13.6. The summed E-state index contributed by atoms with van der Waals surface area (Å²) in [6.45, 7) is 1.98. The fourth-order valence-electron chi connectivity index (χ4n) is 3.09. The topological polar surface area (TPSA) is 77.1 Å². The summed E-state index contributed by atoms with van der Waals surface area (Å²) >= 11 is 0. The van der Waals surface area contributed by atoms with Gasteiger partial charge in [0.1, 0.15) is 5.82 Å². The molecular weight excluding hydrogens is 349 g/mol. The summed E-state index contributed by atoms with van der Waals surface area (Å²) < 4.78 is 20.2. The fourth-order valence-corrected chi connectivity index (χ4v) is 3.09. The lowest BCUT2D eigenvalue weighted by atomic mass is 10.1. The van der Waals surface area contributed by atoms with E-state index in [4.69, 9.17) is 4.42 Å². The van der Waals surface area contributed by atoms with Crippen LogP contribution in [-0.2, 0) is 11.3 Å². The van der Waals surface area contributed by atoms with E-state index in [0.29, 0.717) is 33.4 Å². The minimum atomic E-state index is -0.503. The molecule has 0 aliphatic carbocycles. The number of pyridine rings is 1. The van der Waals surface area contributed by atoms with Crippen molar-refractivity contribution in [3.05, 3.63) is 70.6 Å². The number of aryl methyl sites for hydroxylation is 2. The smallest absolute Gasteiger partial charge is 0.408 e. The Labute approximate surface area is 153 Å². The van der Waals surface area contributed by atoms with Gasteiger partial charge in [-0.15, -0.1) is 0 Å². The third-order valence-corrected chi connectivity index (χ3v) is 4.31. The van der Waals surface area contributed by atoms with E-state index in [-0.39, 0.29) is 18.9 Å². The molecule has 0 atom stereocenters. The van der Waals surface area contributed by atoms with Gasteiger partial charge in [-0.25, -0.2) is 9.18 Å². The summed E-state index contributed by atoms with van der Waals surface area (Å²) in [7, 11) is 0. The van der Waals surface area contributed by atoms with Gasteiger partial charge in [-0.2, -0.15) is 0 Å². The van der Waals surface area contributed by atoms with Gasteiger partial charge < -0.3 is 9.73 Å². The predicted octanol–water partition coefficient (Wildman–Crippen LogP) is 3.62. The zero-order valence-corrected chi connectivity index (χ0v) is 14.5. The number of anilines is 1. The molecule has 4 aromatic rings. The molecule has 0 aliphatic heterocycles. The lowest BCUT2D eigenvalue weighted by molar-refractivity contribution is -0.116. The Hall–Kier alpha value is -3.48. The number of fused-ring (bicyclic) bond motifs is 2. The summed E-state index contributed by atoms with van der Waals surface area (Å²) in [5.74, 6) is -1.19. The highest BCUT2D eigenvalue weighted by atomic mass is 19.1. The Bertz CT molecular complexity index is 1230. The van der Waals surface area contributed by atoms with Crippen LogP contribution in [0, 0.1) is 12.7 Å². The Kier molecular flexibility index (Phi) is 4.19. The van der Waals surface area contributed by atoms with Crippen LogP contribution in [0.4, 0.5) is 10.1 Å². The van der Waals surface area contributed by atoms with Crippen molar-refractivity contribution >= 4 is 33.6 Å². The molecule has 0 spiro atoms. The number of hydrogen-bond donors (Lipinski definition) is 1. The van der Waals surface area contributed by atoms with Crippen LogP contribution in [0.3, 0.4) is 0 Å². The zero-order chi connectivity index (χ0) is 19.0. The third kappa shape index (κ3) is 3.31. The van der Waals surface area contributed by atoms with Gasteiger partial charge in [-0.05, 0) is 43.3 Å². The molecule has 0 unspecified atom stereocenters. The van der Waals surface area contributed by atoms with Crippen molar-refractivity contribution in [2.75, 3.05) is 5.32 Å². The van der Waals surface area contributed by atoms with Gasteiger partial charge in [-0.3, -0.25) is 14.3 Å². The molecule has 0 aliphatic rings. The van der Waals surface area contributed by atoms with E-state index in [2.05, 4.69) is 10.3 Å². The molecule has 0 saturated carbocycles. The summed E-state index contributed by atoms with van der Waals surface area (Å²) in [6, 6.07) is 13.0. The van der Waals surface area contributed by atoms with E-state index in [9.17, 15) is 14.0 Å². The van der Waals surface area contributed by atoms with Crippen LogP contribution in [0.2, 0.25) is 0 Å². The van der Waals surface area contributed by atoms with Crippen molar-refractivity contribution in [1.29, 1.82) is 0 Å². The molecule has 6 nitrogen and oxygen atoms in total. The second-order valence-electron chi connectivity index (χ2n) is 6.26. The van der Waals surface area contributed by atoms with Crippen LogP contribution in [-0.4, -0.2) is 15.5 Å². The number of carbonyl (C=O) groups is 1. The highest BCUT2D eigenvalue weighted by Gasteiger charge is 2.12. The summed E-state index contributed by atoms with van der Waals surface area (Å²) in [5, 5.41) is 3.32. The van der Waals surface area contributed by atoms with Crippen molar-refractivity contribution in [1.82, 2.24) is 9.55 Å². The Balaban J connectivity index is 1.56. The molecule has 2 aromatic carbocycles. The average molecular weight is 365 g/mol. The number of para-hydroxylation sites is 2. The van der Waals surface area contributed by atoms with Crippen LogP contribution in [0.25, 0.3) is 22.0 Å². The molecule has 1 amide bonds. The maximum Gasteiger partial charge on any atom is 0.419 e. The van der Waals surface area contributed by atoms with Gasteiger partial charge in [0, 0.05) is 24.0 Å². The van der Waals surface area contributed by atoms with Gasteiger partial charge in [0.05, 0.1) is 16.7 Å². The number of nitrogens with one attached hydrogen (secondary N) is 1. The Morgan fingerprint density at radius 2 is 2.04 bits per heavy atom. The number of halogens is 1. The fraction of sp³-hybridized carbons (Fsp3) is 0.150. The molecule has 27 heavy (non-hydrogen) atoms. The number of hydrogen-bond acceptors (Lipinski definition) is 4. The number of benzene rings is 2. The molecule has 0 fully saturated rings. The molecule has 2 aromatic heterocycles. The number of carbonyl (C=O) groups excluding carboxylic acids is 1. The first-order chi connectivity index (χ1) is 13.0. The monoisotopic (exact) mass is 365 g/mol. The lowest BCUT2D eigenvalue weighted by Crippen LogP contribution is -2.20. The average Bonchev–Trinajstić information content (AvgIpc) is 2.95. The van der Waals surface area contributed by atoms with E-state index in [1.165, 1.54) is 16.7 Å². The third-order valence-electron chi connectivity index (χ3n) is 4.31. The molecule has 0 saturated heterocycles. The van der Waals surface area contributed by atoms with Gasteiger partial charge >= 0.3 is 5.76 Å². The Morgan fingerprint density at radius 3 is 2.89 bits per heavy atom. The van der Waals surface area contributed by atoms with Crippen molar-refractivity contribution in [2.24, 2.45) is 0 Å². The van der Waals surface area contributed by atoms with Crippen LogP contribution < -0.4 is 11.1 Å². The number of aromatic nitrogens is 2. The number of amides is 1. The molecule has 1 N–H and O–H groups in total. The van der Waals surface area contributed by atoms with E-state index >= 15 is 0 Å². The molecule has 136 valence electrons. The standard InChI is InChI=1S/C20H16FN3O3/c1-12-10-16(14-11-13(21)6-7-15(14)22-12)23-19(25)8-9-24-17-4-2-3-5-18(17)27-20(24)26/h2-7,10-11H,8-9H2,1H3,(H,22,23,25).